The maximum Gasteiger partial charge on any atom is 0.416 e. The Morgan fingerprint density at radius 3 is 2.79 bits per heavy atom. The molecule has 0 aromatic heterocycles. The molecule has 10 heteroatoms. The van der Waals surface area contributed by atoms with Gasteiger partial charge in [-0.25, -0.2) is 5.43 Å². The van der Waals surface area contributed by atoms with E-state index in [2.05, 4.69) is 26.5 Å². The fourth-order valence-electron chi connectivity index (χ4n) is 3.91. The molecule has 152 valence electrons. The van der Waals surface area contributed by atoms with Crippen molar-refractivity contribution in [2.75, 3.05) is 26.3 Å². The quantitative estimate of drug-likeness (QED) is 0.609. The Balaban J connectivity index is 1.59. The lowest BCUT2D eigenvalue weighted by Gasteiger charge is -2.37. The summed E-state index contributed by atoms with van der Waals surface area (Å²) in [6.45, 7) is 1.68. The number of hydrogen-bond acceptors (Lipinski definition) is 5. The molecular weight excluding hydrogens is 375 g/mol. The highest BCUT2D eigenvalue weighted by Crippen LogP contribution is 2.38. The Morgan fingerprint density at radius 2 is 2.04 bits per heavy atom. The molecule has 4 N–H and O–H groups in total. The number of guanidine groups is 1. The molecule has 0 aliphatic carbocycles. The predicted molar refractivity (Wildman–Crippen MR) is 95.2 cm³/mol. The molecule has 3 saturated heterocycles. The van der Waals surface area contributed by atoms with Gasteiger partial charge in [0.2, 0.25) is 5.91 Å². The normalized spacial score (nSPS) is 28.5. The van der Waals surface area contributed by atoms with Crippen LogP contribution in [-0.2, 0) is 21.1 Å². The Bertz CT molecular complexity index is 777. The number of aliphatic imine (C=N–C) groups is 1. The number of alkyl halides is 3. The first kappa shape index (κ1) is 19.2. The van der Waals surface area contributed by atoms with E-state index >= 15 is 0 Å². The fourth-order valence-corrected chi connectivity index (χ4v) is 3.91. The van der Waals surface area contributed by atoms with Gasteiger partial charge in [0.05, 0.1) is 18.0 Å². The van der Waals surface area contributed by atoms with Gasteiger partial charge in [0.25, 0.3) is 0 Å². The Morgan fingerprint density at radius 1 is 1.25 bits per heavy atom. The summed E-state index contributed by atoms with van der Waals surface area (Å²) < 4.78 is 45.0. The topological polar surface area (TPSA) is 86.8 Å². The van der Waals surface area contributed by atoms with Gasteiger partial charge in [0, 0.05) is 25.2 Å². The summed E-state index contributed by atoms with van der Waals surface area (Å²) in [6, 6.07) is 5.43. The first-order chi connectivity index (χ1) is 13.4. The molecule has 2 atom stereocenters. The van der Waals surface area contributed by atoms with Gasteiger partial charge >= 0.3 is 6.18 Å². The maximum atomic E-state index is 13.2. The van der Waals surface area contributed by atoms with Crippen LogP contribution in [0.4, 0.5) is 13.2 Å². The standard InChI is InChI=1S/C18H22F3N5O2/c19-18(20,21)12-3-1-2-11(8-12)17(4-6-28-7-5-17)10-22-16-24-14-13(9-23-26-14)15(27)25-16/h1-3,8,13-14,23,26H,4-7,9-10H2,(H2,22,24,25,27). The average molecular weight is 397 g/mol. The number of ether oxygens (including phenoxy) is 1. The molecular formula is C18H22F3N5O2. The molecule has 1 aromatic rings. The summed E-state index contributed by atoms with van der Waals surface area (Å²) >= 11 is 0. The van der Waals surface area contributed by atoms with Crippen molar-refractivity contribution in [2.24, 2.45) is 10.9 Å². The van der Waals surface area contributed by atoms with Crippen LogP contribution < -0.4 is 21.5 Å². The molecule has 2 unspecified atom stereocenters. The van der Waals surface area contributed by atoms with Crippen molar-refractivity contribution in [3.8, 4) is 0 Å². The van der Waals surface area contributed by atoms with Crippen molar-refractivity contribution in [1.29, 1.82) is 0 Å². The first-order valence-electron chi connectivity index (χ1n) is 9.23. The van der Waals surface area contributed by atoms with Gasteiger partial charge in [-0.15, -0.1) is 0 Å². The van der Waals surface area contributed by atoms with Gasteiger partial charge in [-0.3, -0.25) is 20.5 Å². The lowest BCUT2D eigenvalue weighted by atomic mass is 9.74. The summed E-state index contributed by atoms with van der Waals surface area (Å²) in [5.41, 5.74) is 5.25. The van der Waals surface area contributed by atoms with Crippen molar-refractivity contribution < 1.29 is 22.7 Å². The first-order valence-corrected chi connectivity index (χ1v) is 9.23. The van der Waals surface area contributed by atoms with Gasteiger partial charge < -0.3 is 10.1 Å². The zero-order valence-corrected chi connectivity index (χ0v) is 15.1. The van der Waals surface area contributed by atoms with Crippen LogP contribution in [0, 0.1) is 5.92 Å². The highest BCUT2D eigenvalue weighted by atomic mass is 19.4. The Kier molecular flexibility index (Phi) is 5.02. The Hall–Kier alpha value is -2.17. The largest absolute Gasteiger partial charge is 0.416 e. The van der Waals surface area contributed by atoms with E-state index in [1.54, 1.807) is 6.07 Å². The van der Waals surface area contributed by atoms with Gasteiger partial charge in [-0.2, -0.15) is 13.2 Å². The van der Waals surface area contributed by atoms with E-state index in [1.165, 1.54) is 12.1 Å². The highest BCUT2D eigenvalue weighted by molar-refractivity contribution is 6.01. The molecule has 1 aromatic carbocycles. The van der Waals surface area contributed by atoms with Crippen molar-refractivity contribution in [1.82, 2.24) is 21.5 Å². The number of carbonyl (C=O) groups is 1. The number of carbonyl (C=O) groups excluding carboxylic acids is 1. The van der Waals surface area contributed by atoms with Gasteiger partial charge in [0.1, 0.15) is 6.17 Å². The summed E-state index contributed by atoms with van der Waals surface area (Å²) in [6.07, 6.45) is -3.54. The lowest BCUT2D eigenvalue weighted by Crippen LogP contribution is -2.61. The van der Waals surface area contributed by atoms with Crippen molar-refractivity contribution in [3.63, 3.8) is 0 Å². The van der Waals surface area contributed by atoms with Crippen LogP contribution in [0.15, 0.2) is 29.3 Å². The molecule has 3 heterocycles. The number of amides is 1. The number of nitrogens with zero attached hydrogens (tertiary/aromatic N) is 1. The summed E-state index contributed by atoms with van der Waals surface area (Å²) in [7, 11) is 0. The third kappa shape index (κ3) is 3.71. The fraction of sp³-hybridized carbons (Fsp3) is 0.556. The summed E-state index contributed by atoms with van der Waals surface area (Å²) in [5, 5.41) is 5.86. The van der Waals surface area contributed by atoms with Gasteiger partial charge in [-0.05, 0) is 24.5 Å². The van der Waals surface area contributed by atoms with E-state index < -0.39 is 17.2 Å². The van der Waals surface area contributed by atoms with Crippen LogP contribution in [0.2, 0.25) is 0 Å². The number of benzene rings is 1. The van der Waals surface area contributed by atoms with Crippen LogP contribution in [0.25, 0.3) is 0 Å². The second-order valence-corrected chi connectivity index (χ2v) is 7.38. The highest BCUT2D eigenvalue weighted by Gasteiger charge is 2.40. The molecule has 0 bridgehead atoms. The molecule has 0 spiro atoms. The molecule has 3 fully saturated rings. The smallest absolute Gasteiger partial charge is 0.381 e. The minimum absolute atomic E-state index is 0.139. The number of hydrogen-bond donors (Lipinski definition) is 4. The molecule has 0 radical (unpaired) electrons. The van der Waals surface area contributed by atoms with E-state index in [4.69, 9.17) is 4.74 Å². The lowest BCUT2D eigenvalue weighted by molar-refractivity contribution is -0.137. The van der Waals surface area contributed by atoms with Crippen LogP contribution in [0.5, 0.6) is 0 Å². The zero-order valence-electron chi connectivity index (χ0n) is 15.1. The number of fused-ring (bicyclic) bond motifs is 1. The van der Waals surface area contributed by atoms with Crippen molar-refractivity contribution in [3.05, 3.63) is 35.4 Å². The van der Waals surface area contributed by atoms with E-state index in [0.29, 0.717) is 44.1 Å². The third-order valence-electron chi connectivity index (χ3n) is 5.64. The second kappa shape index (κ2) is 7.34. The van der Waals surface area contributed by atoms with Crippen molar-refractivity contribution >= 4 is 11.9 Å². The number of hydrazine groups is 1. The minimum Gasteiger partial charge on any atom is -0.381 e. The zero-order chi connectivity index (χ0) is 19.8. The van der Waals surface area contributed by atoms with Crippen molar-refractivity contribution in [2.45, 2.75) is 30.6 Å². The van der Waals surface area contributed by atoms with E-state index in [0.717, 1.165) is 6.07 Å². The van der Waals surface area contributed by atoms with Crippen LogP contribution in [0.3, 0.4) is 0 Å². The molecule has 3 aliphatic heterocycles. The maximum absolute atomic E-state index is 13.2. The van der Waals surface area contributed by atoms with Crippen LogP contribution in [0.1, 0.15) is 24.0 Å². The van der Waals surface area contributed by atoms with E-state index in [-0.39, 0.29) is 24.5 Å². The number of halogens is 3. The van der Waals surface area contributed by atoms with Crippen LogP contribution >= 0.6 is 0 Å². The number of nitrogens with one attached hydrogen (secondary N) is 4. The molecule has 7 nitrogen and oxygen atoms in total. The second-order valence-electron chi connectivity index (χ2n) is 7.38. The molecule has 1 amide bonds. The van der Waals surface area contributed by atoms with Crippen LogP contribution in [-0.4, -0.2) is 44.3 Å². The third-order valence-corrected chi connectivity index (χ3v) is 5.64. The molecule has 4 rings (SSSR count). The summed E-state index contributed by atoms with van der Waals surface area (Å²) in [4.78, 5) is 16.7. The van der Waals surface area contributed by atoms with E-state index in [9.17, 15) is 18.0 Å². The Labute approximate surface area is 160 Å². The van der Waals surface area contributed by atoms with Gasteiger partial charge in [-0.1, -0.05) is 18.2 Å². The monoisotopic (exact) mass is 397 g/mol. The molecule has 28 heavy (non-hydrogen) atoms. The minimum atomic E-state index is -4.40. The molecule has 0 saturated carbocycles. The summed E-state index contributed by atoms with van der Waals surface area (Å²) in [5.74, 6) is -0.0418. The average Bonchev–Trinajstić information content (AvgIpc) is 3.16. The number of rotatable bonds is 3. The van der Waals surface area contributed by atoms with Gasteiger partial charge in [0.15, 0.2) is 5.96 Å². The predicted octanol–water partition coefficient (Wildman–Crippen LogP) is 0.879. The molecule has 3 aliphatic rings. The SMILES string of the molecule is O=C1NC(=NCC2(c3cccc(C(F)(F)F)c3)CCOCC2)NC2NNCC12. The van der Waals surface area contributed by atoms with E-state index in [1.807, 2.05) is 0 Å².